The number of nitrogens with one attached hydrogen (secondary N) is 1. The molecule has 2 aromatic rings. The van der Waals surface area contributed by atoms with E-state index in [2.05, 4.69) is 0 Å². The molecule has 0 saturated carbocycles. The number of hydrogen-bond donors (Lipinski definition) is 1. The van der Waals surface area contributed by atoms with E-state index in [0.29, 0.717) is 6.54 Å². The number of hydrogen-bond acceptors (Lipinski definition) is 5. The van der Waals surface area contributed by atoms with E-state index in [4.69, 9.17) is 10.1 Å². The largest absolute Gasteiger partial charge is 0.491 e. The molecule has 7 nitrogen and oxygen atoms in total. The predicted molar refractivity (Wildman–Crippen MR) is 136 cm³/mol. The monoisotopic (exact) mass is 531 g/mol. The quantitative estimate of drug-likeness (QED) is 0.314. The summed E-state index contributed by atoms with van der Waals surface area (Å²) in [7, 11) is 0. The predicted octanol–water partition coefficient (Wildman–Crippen LogP) is 5.21. The van der Waals surface area contributed by atoms with Crippen molar-refractivity contribution in [1.29, 1.82) is 5.41 Å². The highest BCUT2D eigenvalue weighted by Crippen LogP contribution is 2.41. The Morgan fingerprint density at radius 2 is 1.47 bits per heavy atom. The molecular formula is C28H32F3N3O4. The van der Waals surface area contributed by atoms with Gasteiger partial charge in [0.05, 0.1) is 6.54 Å². The van der Waals surface area contributed by atoms with E-state index in [1.54, 1.807) is 46.4 Å². The lowest BCUT2D eigenvalue weighted by molar-refractivity contribution is -0.189. The highest BCUT2D eigenvalue weighted by atomic mass is 19.4. The fraction of sp³-hybridized carbons (Fsp3) is 0.429. The third kappa shape index (κ3) is 6.41. The molecule has 1 N–H and O–H groups in total. The first-order valence-electron chi connectivity index (χ1n) is 12.1. The number of ether oxygens (including phenoxy) is 1. The first-order valence-corrected chi connectivity index (χ1v) is 12.1. The second kappa shape index (κ2) is 10.2. The number of carbonyl (C=O) groups is 3. The molecule has 1 aliphatic rings. The first-order chi connectivity index (χ1) is 17.4. The Labute approximate surface area is 220 Å². The summed E-state index contributed by atoms with van der Waals surface area (Å²) in [6, 6.07) is 12.1. The summed E-state index contributed by atoms with van der Waals surface area (Å²) in [5.41, 5.74) is -0.0280. The van der Waals surface area contributed by atoms with E-state index in [0.717, 1.165) is 10.5 Å². The number of halogens is 3. The number of Topliss-reactive ketones (excluding diaryl/α,β-unsaturated/α-hetero) is 1. The van der Waals surface area contributed by atoms with Crippen molar-refractivity contribution in [2.45, 2.75) is 65.1 Å². The van der Waals surface area contributed by atoms with Crippen LogP contribution in [-0.2, 0) is 27.0 Å². The minimum absolute atomic E-state index is 0.0478. The van der Waals surface area contributed by atoms with E-state index in [1.807, 2.05) is 30.3 Å². The number of esters is 1. The van der Waals surface area contributed by atoms with Crippen LogP contribution in [0.15, 0.2) is 42.5 Å². The summed E-state index contributed by atoms with van der Waals surface area (Å²) < 4.78 is 44.1. The summed E-state index contributed by atoms with van der Waals surface area (Å²) in [4.78, 5) is 40.6. The standard InChI is InChI=1S/C28H32F3N3O4/c1-26(2,3)19-12-18(13-20(27(4,5)6)23(19)38-24(37)28(29,30)31)21(35)15-34-22(36)16-33(25(34)32)14-17-10-8-7-9-11-17/h7-13,32H,14-16H2,1-6H3. The van der Waals surface area contributed by atoms with Crippen molar-refractivity contribution in [3.05, 3.63) is 64.7 Å². The molecule has 38 heavy (non-hydrogen) atoms. The molecule has 1 saturated heterocycles. The molecule has 1 fully saturated rings. The Kier molecular flexibility index (Phi) is 7.77. The number of amides is 1. The fourth-order valence-corrected chi connectivity index (χ4v) is 4.11. The highest BCUT2D eigenvalue weighted by molar-refractivity contribution is 6.08. The first kappa shape index (κ1) is 28.9. The minimum atomic E-state index is -5.19. The van der Waals surface area contributed by atoms with Crippen LogP contribution in [0.4, 0.5) is 13.2 Å². The van der Waals surface area contributed by atoms with Gasteiger partial charge in [-0.15, -0.1) is 0 Å². The molecule has 0 spiro atoms. The van der Waals surface area contributed by atoms with Crippen LogP contribution in [-0.4, -0.2) is 52.7 Å². The van der Waals surface area contributed by atoms with Gasteiger partial charge >= 0.3 is 12.1 Å². The molecule has 2 aromatic carbocycles. The zero-order valence-corrected chi connectivity index (χ0v) is 22.3. The smallest absolute Gasteiger partial charge is 0.419 e. The van der Waals surface area contributed by atoms with Crippen molar-refractivity contribution in [2.24, 2.45) is 0 Å². The van der Waals surface area contributed by atoms with Gasteiger partial charge in [0.15, 0.2) is 5.78 Å². The van der Waals surface area contributed by atoms with E-state index in [9.17, 15) is 27.6 Å². The molecule has 1 amide bonds. The molecule has 0 unspecified atom stereocenters. The second-order valence-electron chi connectivity index (χ2n) is 11.4. The van der Waals surface area contributed by atoms with Gasteiger partial charge in [-0.2, -0.15) is 13.2 Å². The van der Waals surface area contributed by atoms with E-state index < -0.39 is 41.2 Å². The number of guanidine groups is 1. The molecule has 0 aliphatic carbocycles. The lowest BCUT2D eigenvalue weighted by Gasteiger charge is -2.30. The van der Waals surface area contributed by atoms with Crippen molar-refractivity contribution < 1.29 is 32.3 Å². The van der Waals surface area contributed by atoms with Crippen LogP contribution in [0, 0.1) is 5.41 Å². The maximum absolute atomic E-state index is 13.4. The van der Waals surface area contributed by atoms with Crippen LogP contribution < -0.4 is 4.74 Å². The number of ketones is 1. The summed E-state index contributed by atoms with van der Waals surface area (Å²) in [5, 5.41) is 8.47. The van der Waals surface area contributed by atoms with Gasteiger partial charge in [0, 0.05) is 23.2 Å². The van der Waals surface area contributed by atoms with Crippen LogP contribution in [0.2, 0.25) is 0 Å². The van der Waals surface area contributed by atoms with Gasteiger partial charge in [-0.3, -0.25) is 19.9 Å². The van der Waals surface area contributed by atoms with Gasteiger partial charge in [0.1, 0.15) is 12.3 Å². The van der Waals surface area contributed by atoms with E-state index in [1.165, 1.54) is 12.1 Å². The average molecular weight is 532 g/mol. The number of rotatable bonds is 6. The third-order valence-corrected chi connectivity index (χ3v) is 6.15. The maximum Gasteiger partial charge on any atom is 0.491 e. The van der Waals surface area contributed by atoms with Crippen LogP contribution in [0.5, 0.6) is 5.75 Å². The second-order valence-corrected chi connectivity index (χ2v) is 11.4. The Morgan fingerprint density at radius 3 is 1.95 bits per heavy atom. The Morgan fingerprint density at radius 1 is 0.947 bits per heavy atom. The van der Waals surface area contributed by atoms with Crippen molar-refractivity contribution in [3.63, 3.8) is 0 Å². The molecule has 0 radical (unpaired) electrons. The molecule has 0 aromatic heterocycles. The van der Waals surface area contributed by atoms with Gasteiger partial charge < -0.3 is 9.64 Å². The zero-order chi connectivity index (χ0) is 28.6. The highest BCUT2D eigenvalue weighted by Gasteiger charge is 2.43. The topological polar surface area (TPSA) is 90.8 Å². The number of carbonyl (C=O) groups excluding carboxylic acids is 3. The molecule has 10 heteroatoms. The number of alkyl halides is 3. The normalized spacial score (nSPS) is 14.8. The molecule has 0 atom stereocenters. The molecular weight excluding hydrogens is 499 g/mol. The molecule has 1 heterocycles. The Hall–Kier alpha value is -3.69. The molecule has 3 rings (SSSR count). The van der Waals surface area contributed by atoms with Crippen LogP contribution >= 0.6 is 0 Å². The molecule has 0 bridgehead atoms. The van der Waals surface area contributed by atoms with Crippen LogP contribution in [0.25, 0.3) is 0 Å². The van der Waals surface area contributed by atoms with Crippen LogP contribution in [0.3, 0.4) is 0 Å². The van der Waals surface area contributed by atoms with Gasteiger partial charge in [0.2, 0.25) is 11.9 Å². The Balaban J connectivity index is 1.96. The summed E-state index contributed by atoms with van der Waals surface area (Å²) in [5.74, 6) is -3.57. The minimum Gasteiger partial charge on any atom is -0.419 e. The Bertz CT molecular complexity index is 1220. The van der Waals surface area contributed by atoms with Gasteiger partial charge in [-0.05, 0) is 28.5 Å². The summed E-state index contributed by atoms with van der Waals surface area (Å²) in [6.45, 7) is 10.3. The summed E-state index contributed by atoms with van der Waals surface area (Å²) in [6.07, 6.45) is -5.19. The van der Waals surface area contributed by atoms with Crippen molar-refractivity contribution in [2.75, 3.05) is 13.1 Å². The molecule has 1 aliphatic heterocycles. The summed E-state index contributed by atoms with van der Waals surface area (Å²) >= 11 is 0. The average Bonchev–Trinajstić information content (AvgIpc) is 3.04. The van der Waals surface area contributed by atoms with E-state index in [-0.39, 0.29) is 34.9 Å². The van der Waals surface area contributed by atoms with Gasteiger partial charge in [0.25, 0.3) is 0 Å². The van der Waals surface area contributed by atoms with Crippen molar-refractivity contribution in [3.8, 4) is 5.75 Å². The lowest BCUT2D eigenvalue weighted by Crippen LogP contribution is -2.37. The van der Waals surface area contributed by atoms with Crippen LogP contribution in [0.1, 0.15) is 68.6 Å². The zero-order valence-electron chi connectivity index (χ0n) is 22.3. The maximum atomic E-state index is 13.4. The van der Waals surface area contributed by atoms with E-state index >= 15 is 0 Å². The number of benzene rings is 2. The fourth-order valence-electron chi connectivity index (χ4n) is 4.11. The number of nitrogens with zero attached hydrogens (tertiary/aromatic N) is 2. The van der Waals surface area contributed by atoms with Gasteiger partial charge in [-0.25, -0.2) is 4.79 Å². The SMILES string of the molecule is CC(C)(C)c1cc(C(=O)CN2C(=N)N(Cc3ccccc3)CC2=O)cc(C(C)(C)C)c1OC(=O)C(F)(F)F. The molecule has 204 valence electrons. The third-order valence-electron chi connectivity index (χ3n) is 6.15. The van der Waals surface area contributed by atoms with Crippen molar-refractivity contribution in [1.82, 2.24) is 9.80 Å². The van der Waals surface area contributed by atoms with Crippen molar-refractivity contribution >= 4 is 23.6 Å². The van der Waals surface area contributed by atoms with Gasteiger partial charge in [-0.1, -0.05) is 71.9 Å². The lowest BCUT2D eigenvalue weighted by atomic mass is 9.78.